The van der Waals surface area contributed by atoms with E-state index in [4.69, 9.17) is 10.00 Å². The zero-order valence-corrected chi connectivity index (χ0v) is 14.4. The van der Waals surface area contributed by atoms with Crippen LogP contribution in [0.4, 0.5) is 13.2 Å². The Balaban J connectivity index is 1.98. The van der Waals surface area contributed by atoms with Gasteiger partial charge in [0.1, 0.15) is 11.2 Å². The lowest BCUT2D eigenvalue weighted by atomic mass is 9.83. The molecule has 2 N–H and O–H groups in total. The molecular weight excluding hydrogens is 361 g/mol. The van der Waals surface area contributed by atoms with Crippen LogP contribution in [-0.4, -0.2) is 14.8 Å². The molecule has 27 heavy (non-hydrogen) atoms. The number of benzene rings is 1. The van der Waals surface area contributed by atoms with E-state index >= 15 is 0 Å². The second kappa shape index (κ2) is 5.08. The van der Waals surface area contributed by atoms with E-state index in [-0.39, 0.29) is 17.4 Å². The van der Waals surface area contributed by atoms with E-state index in [0.717, 1.165) is 16.7 Å². The molecule has 1 aromatic heterocycles. The fraction of sp³-hybridized carbons (Fsp3) is 0.316. The summed E-state index contributed by atoms with van der Waals surface area (Å²) >= 11 is 0. The number of aromatic hydroxyl groups is 2. The normalized spacial score (nSPS) is 25.6. The van der Waals surface area contributed by atoms with Crippen molar-refractivity contribution in [2.24, 2.45) is 0 Å². The summed E-state index contributed by atoms with van der Waals surface area (Å²) < 4.78 is 46.8. The summed E-state index contributed by atoms with van der Waals surface area (Å²) in [4.78, 5) is 0. The smallest absolute Gasteiger partial charge is 0.417 e. The molecule has 2 aliphatic rings. The first-order valence-corrected chi connectivity index (χ1v) is 8.28. The fourth-order valence-corrected chi connectivity index (χ4v) is 4.04. The maximum Gasteiger partial charge on any atom is 0.417 e. The van der Waals surface area contributed by atoms with Crippen LogP contribution in [0.1, 0.15) is 42.5 Å². The number of rotatable bonds is 2. The van der Waals surface area contributed by atoms with Crippen LogP contribution in [0.3, 0.4) is 0 Å². The maximum atomic E-state index is 13.3. The second-order valence-corrected chi connectivity index (χ2v) is 6.86. The van der Waals surface area contributed by atoms with Gasteiger partial charge in [-0.3, -0.25) is 4.57 Å². The topological polar surface area (TPSA) is 78.4 Å². The molecule has 0 aliphatic carbocycles. The minimum absolute atomic E-state index is 0.0972. The van der Waals surface area contributed by atoms with Crippen LogP contribution < -0.4 is 0 Å². The molecule has 0 radical (unpaired) electrons. The van der Waals surface area contributed by atoms with Crippen LogP contribution in [0.25, 0.3) is 5.69 Å². The molecule has 0 amide bonds. The monoisotopic (exact) mass is 376 g/mol. The Bertz CT molecular complexity index is 1050. The Kier molecular flexibility index (Phi) is 3.29. The quantitative estimate of drug-likeness (QED) is 0.770. The molecule has 0 saturated carbocycles. The highest BCUT2D eigenvalue weighted by atomic mass is 19.4. The second-order valence-electron chi connectivity index (χ2n) is 6.86. The number of ether oxygens (including phenoxy) is 1. The highest BCUT2D eigenvalue weighted by molar-refractivity contribution is 5.64. The van der Waals surface area contributed by atoms with Gasteiger partial charge < -0.3 is 14.9 Å². The minimum atomic E-state index is -4.75. The number of halogens is 3. The summed E-state index contributed by atoms with van der Waals surface area (Å²) in [6.45, 7) is 3.57. The number of alkyl halides is 3. The van der Waals surface area contributed by atoms with E-state index in [0.29, 0.717) is 17.5 Å². The molecular formula is C19H15F3N2O3. The van der Waals surface area contributed by atoms with Crippen molar-refractivity contribution >= 4 is 0 Å². The number of hydrogen-bond acceptors (Lipinski definition) is 4. The standard InChI is InChI=1S/C19H15F3N2O3/c1-3-18-7-6-17(2,27-18)13-14(18)16(26)24(15(13)25)11-5-4-10(9-23)12(8-11)19(20,21)22/h4-8,25-26H,3H2,1-2H3. The maximum absolute atomic E-state index is 13.3. The molecule has 0 saturated heterocycles. The van der Waals surface area contributed by atoms with E-state index in [1.54, 1.807) is 19.1 Å². The molecule has 2 aromatic rings. The van der Waals surface area contributed by atoms with Crippen LogP contribution in [-0.2, 0) is 22.1 Å². The first kappa shape index (κ1) is 17.5. The molecule has 0 spiro atoms. The Morgan fingerprint density at radius 3 is 2.44 bits per heavy atom. The summed E-state index contributed by atoms with van der Waals surface area (Å²) in [5.74, 6) is -0.766. The molecule has 0 fully saturated rings. The number of nitriles is 1. The zero-order chi connectivity index (χ0) is 19.8. The van der Waals surface area contributed by atoms with Gasteiger partial charge in [0.05, 0.1) is 34.0 Å². The molecule has 2 atom stereocenters. The Labute approximate surface area is 152 Å². The Morgan fingerprint density at radius 1 is 1.19 bits per heavy atom. The van der Waals surface area contributed by atoms with Crippen molar-refractivity contribution in [1.29, 1.82) is 5.26 Å². The molecule has 2 unspecified atom stereocenters. The third-order valence-corrected chi connectivity index (χ3v) is 5.32. The zero-order valence-electron chi connectivity index (χ0n) is 14.4. The molecule has 5 nitrogen and oxygen atoms in total. The number of hydrogen-bond donors (Lipinski definition) is 2. The highest BCUT2D eigenvalue weighted by Crippen LogP contribution is 2.62. The summed E-state index contributed by atoms with van der Waals surface area (Å²) in [7, 11) is 0. The van der Waals surface area contributed by atoms with Gasteiger partial charge in [0.25, 0.3) is 0 Å². The van der Waals surface area contributed by atoms with E-state index in [2.05, 4.69) is 0 Å². The fourth-order valence-electron chi connectivity index (χ4n) is 4.04. The van der Waals surface area contributed by atoms with Gasteiger partial charge in [-0.15, -0.1) is 0 Å². The van der Waals surface area contributed by atoms with Crippen molar-refractivity contribution in [3.05, 3.63) is 52.6 Å². The van der Waals surface area contributed by atoms with Crippen LogP contribution in [0.5, 0.6) is 11.8 Å². The third kappa shape index (κ3) is 2.09. The average Bonchev–Trinajstić information content (AvgIpc) is 3.19. The number of fused-ring (bicyclic) bond motifs is 5. The van der Waals surface area contributed by atoms with Crippen molar-refractivity contribution < 1.29 is 28.1 Å². The molecule has 1 aromatic carbocycles. The minimum Gasteiger partial charge on any atom is -0.494 e. The molecule has 3 heterocycles. The lowest BCUT2D eigenvalue weighted by Gasteiger charge is -2.24. The van der Waals surface area contributed by atoms with Crippen molar-refractivity contribution in [3.8, 4) is 23.5 Å². The van der Waals surface area contributed by atoms with Crippen molar-refractivity contribution in [2.45, 2.75) is 37.6 Å². The molecule has 4 rings (SSSR count). The predicted octanol–water partition coefficient (Wildman–Crippen LogP) is 4.20. The van der Waals surface area contributed by atoms with Crippen LogP contribution in [0.2, 0.25) is 0 Å². The number of nitrogens with zero attached hydrogens (tertiary/aromatic N) is 2. The van der Waals surface area contributed by atoms with E-state index in [1.165, 1.54) is 12.1 Å². The van der Waals surface area contributed by atoms with Crippen molar-refractivity contribution in [1.82, 2.24) is 4.57 Å². The van der Waals surface area contributed by atoms with Gasteiger partial charge >= 0.3 is 6.18 Å². The Morgan fingerprint density at radius 2 is 1.85 bits per heavy atom. The molecule has 2 bridgehead atoms. The van der Waals surface area contributed by atoms with Crippen LogP contribution in [0, 0.1) is 11.3 Å². The van der Waals surface area contributed by atoms with Gasteiger partial charge in [0.2, 0.25) is 11.8 Å². The van der Waals surface area contributed by atoms with Gasteiger partial charge in [0, 0.05) is 0 Å². The Hall–Kier alpha value is -2.92. The van der Waals surface area contributed by atoms with Crippen molar-refractivity contribution in [2.75, 3.05) is 0 Å². The summed E-state index contributed by atoms with van der Waals surface area (Å²) in [5, 5.41) is 30.5. The molecule has 2 aliphatic heterocycles. The number of aromatic nitrogens is 1. The summed E-state index contributed by atoms with van der Waals surface area (Å²) in [6, 6.07) is 4.52. The van der Waals surface area contributed by atoms with Gasteiger partial charge in [-0.2, -0.15) is 18.4 Å². The first-order chi connectivity index (χ1) is 12.6. The third-order valence-electron chi connectivity index (χ3n) is 5.32. The van der Waals surface area contributed by atoms with Crippen molar-refractivity contribution in [3.63, 3.8) is 0 Å². The van der Waals surface area contributed by atoms with Gasteiger partial charge in [-0.05, 0) is 43.7 Å². The van der Waals surface area contributed by atoms with Crippen LogP contribution in [0.15, 0.2) is 30.4 Å². The van der Waals surface area contributed by atoms with E-state index < -0.39 is 28.5 Å². The molecule has 8 heteroatoms. The predicted molar refractivity (Wildman–Crippen MR) is 88.4 cm³/mol. The summed E-state index contributed by atoms with van der Waals surface area (Å²) in [5.41, 5.74) is -2.99. The average molecular weight is 376 g/mol. The van der Waals surface area contributed by atoms with Gasteiger partial charge in [-0.25, -0.2) is 0 Å². The van der Waals surface area contributed by atoms with E-state index in [9.17, 15) is 23.4 Å². The largest absolute Gasteiger partial charge is 0.494 e. The van der Waals surface area contributed by atoms with Crippen LogP contribution >= 0.6 is 0 Å². The van der Waals surface area contributed by atoms with Gasteiger partial charge in [-0.1, -0.05) is 6.92 Å². The van der Waals surface area contributed by atoms with E-state index in [1.807, 2.05) is 6.92 Å². The lowest BCUT2D eigenvalue weighted by molar-refractivity contribution is -0.137. The first-order valence-electron chi connectivity index (χ1n) is 8.28. The summed E-state index contributed by atoms with van der Waals surface area (Å²) in [6.07, 6.45) is -0.714. The SMILES string of the molecule is CCC12C=CC(C)(O1)c1c2c(O)n(-c2ccc(C#N)c(C(F)(F)F)c2)c1O. The molecule has 140 valence electrons. The lowest BCUT2D eigenvalue weighted by Crippen LogP contribution is -2.21. The highest BCUT2D eigenvalue weighted by Gasteiger charge is 2.57. The van der Waals surface area contributed by atoms with Gasteiger partial charge in [0.15, 0.2) is 0 Å².